The van der Waals surface area contributed by atoms with Gasteiger partial charge in [-0.2, -0.15) is 0 Å². The molecular weight excluding hydrogens is 318 g/mol. The summed E-state index contributed by atoms with van der Waals surface area (Å²) in [7, 11) is 0. The molecule has 3 rings (SSSR count). The molecule has 0 bridgehead atoms. The summed E-state index contributed by atoms with van der Waals surface area (Å²) < 4.78 is 12.0. The zero-order valence-electron chi connectivity index (χ0n) is 15.3. The lowest BCUT2D eigenvalue weighted by Crippen LogP contribution is -2.58. The fraction of sp³-hybridized carbons (Fsp3) is 0.737. The van der Waals surface area contributed by atoms with Crippen LogP contribution in [0, 0.1) is 5.41 Å². The third-order valence-corrected chi connectivity index (χ3v) is 5.29. The Bertz CT molecular complexity index is 566. The fourth-order valence-corrected chi connectivity index (χ4v) is 3.91. The number of fused-ring (bicyclic) bond motifs is 1. The SMILES string of the molecule is CC(C)OCC12CCCOC1CCN(C(=O)CCc1cncnc1)C2. The predicted octanol–water partition coefficient (Wildman–Crippen LogP) is 2.23. The van der Waals surface area contributed by atoms with Crippen LogP contribution < -0.4 is 0 Å². The fourth-order valence-electron chi connectivity index (χ4n) is 3.91. The zero-order valence-corrected chi connectivity index (χ0v) is 15.3. The molecule has 6 nitrogen and oxygen atoms in total. The highest BCUT2D eigenvalue weighted by molar-refractivity contribution is 5.76. The smallest absolute Gasteiger partial charge is 0.222 e. The third kappa shape index (κ3) is 4.55. The van der Waals surface area contributed by atoms with Crippen LogP contribution in [0.5, 0.6) is 0 Å². The number of amides is 1. The van der Waals surface area contributed by atoms with E-state index in [9.17, 15) is 4.79 Å². The van der Waals surface area contributed by atoms with Gasteiger partial charge in [-0.25, -0.2) is 9.97 Å². The Hall–Kier alpha value is -1.53. The van der Waals surface area contributed by atoms with Crippen LogP contribution in [0.1, 0.15) is 45.1 Å². The van der Waals surface area contributed by atoms with E-state index in [2.05, 4.69) is 23.8 Å². The van der Waals surface area contributed by atoms with Crippen LogP contribution in [0.25, 0.3) is 0 Å². The molecule has 2 atom stereocenters. The molecule has 0 radical (unpaired) electrons. The lowest BCUT2D eigenvalue weighted by atomic mass is 9.73. The Balaban J connectivity index is 1.61. The van der Waals surface area contributed by atoms with Crippen LogP contribution in [-0.2, 0) is 20.7 Å². The highest BCUT2D eigenvalue weighted by Gasteiger charge is 2.47. The normalized spacial score (nSPS) is 26.5. The maximum atomic E-state index is 12.7. The monoisotopic (exact) mass is 347 g/mol. The van der Waals surface area contributed by atoms with E-state index in [1.54, 1.807) is 12.4 Å². The lowest BCUT2D eigenvalue weighted by Gasteiger charge is -2.50. The number of carbonyl (C=O) groups is 1. The van der Waals surface area contributed by atoms with Crippen LogP contribution in [-0.4, -0.2) is 59.3 Å². The second-order valence-electron chi connectivity index (χ2n) is 7.54. The molecule has 0 spiro atoms. The molecule has 1 aromatic heterocycles. The van der Waals surface area contributed by atoms with Gasteiger partial charge in [0.15, 0.2) is 0 Å². The first-order valence-corrected chi connectivity index (χ1v) is 9.34. The number of piperidine rings is 1. The highest BCUT2D eigenvalue weighted by Crippen LogP contribution is 2.40. The first kappa shape index (κ1) is 18.3. The standard InChI is InChI=1S/C19H29N3O3/c1-15(2)25-13-19-7-3-9-24-17(19)6-8-22(12-19)18(23)5-4-16-10-20-14-21-11-16/h10-11,14-15,17H,3-9,12-13H2,1-2H3. The Morgan fingerprint density at radius 3 is 3.00 bits per heavy atom. The molecule has 3 heterocycles. The van der Waals surface area contributed by atoms with E-state index < -0.39 is 0 Å². The van der Waals surface area contributed by atoms with Crippen molar-refractivity contribution in [2.45, 2.75) is 58.2 Å². The maximum absolute atomic E-state index is 12.7. The Morgan fingerprint density at radius 2 is 2.24 bits per heavy atom. The van der Waals surface area contributed by atoms with Crippen molar-refractivity contribution in [2.75, 3.05) is 26.3 Å². The molecule has 25 heavy (non-hydrogen) atoms. The molecule has 2 fully saturated rings. The van der Waals surface area contributed by atoms with Crippen molar-refractivity contribution in [2.24, 2.45) is 5.41 Å². The molecule has 138 valence electrons. The van der Waals surface area contributed by atoms with Crippen molar-refractivity contribution in [1.29, 1.82) is 0 Å². The lowest BCUT2D eigenvalue weighted by molar-refractivity contribution is -0.168. The number of carbonyl (C=O) groups excluding carboxylic acids is 1. The van der Waals surface area contributed by atoms with Gasteiger partial charge < -0.3 is 14.4 Å². The van der Waals surface area contributed by atoms with Crippen molar-refractivity contribution in [3.63, 3.8) is 0 Å². The third-order valence-electron chi connectivity index (χ3n) is 5.29. The van der Waals surface area contributed by atoms with Crippen LogP contribution in [0.3, 0.4) is 0 Å². The molecule has 2 aliphatic rings. The molecule has 2 aliphatic heterocycles. The van der Waals surface area contributed by atoms with E-state index in [1.165, 1.54) is 6.33 Å². The van der Waals surface area contributed by atoms with Gasteiger partial charge in [0.05, 0.1) is 18.8 Å². The number of aromatic nitrogens is 2. The first-order chi connectivity index (χ1) is 12.1. The highest BCUT2D eigenvalue weighted by atomic mass is 16.5. The van der Waals surface area contributed by atoms with Gasteiger partial charge in [-0.15, -0.1) is 0 Å². The van der Waals surface area contributed by atoms with Crippen LogP contribution in [0.4, 0.5) is 0 Å². The van der Waals surface area contributed by atoms with Gasteiger partial charge in [-0.1, -0.05) is 0 Å². The summed E-state index contributed by atoms with van der Waals surface area (Å²) in [6, 6.07) is 0. The van der Waals surface area contributed by atoms with Gasteiger partial charge in [-0.05, 0) is 45.1 Å². The van der Waals surface area contributed by atoms with E-state index in [1.807, 2.05) is 4.90 Å². The summed E-state index contributed by atoms with van der Waals surface area (Å²) in [5.41, 5.74) is 0.955. The van der Waals surface area contributed by atoms with Gasteiger partial charge in [0, 0.05) is 43.9 Å². The molecule has 2 unspecified atom stereocenters. The average Bonchev–Trinajstić information content (AvgIpc) is 2.65. The van der Waals surface area contributed by atoms with Gasteiger partial charge in [0.2, 0.25) is 5.91 Å². The van der Waals surface area contributed by atoms with E-state index >= 15 is 0 Å². The van der Waals surface area contributed by atoms with Crippen LogP contribution in [0.2, 0.25) is 0 Å². The molecular formula is C19H29N3O3. The summed E-state index contributed by atoms with van der Waals surface area (Å²) in [5, 5.41) is 0. The second kappa shape index (κ2) is 8.23. The minimum Gasteiger partial charge on any atom is -0.378 e. The van der Waals surface area contributed by atoms with E-state index in [4.69, 9.17) is 9.47 Å². The predicted molar refractivity (Wildman–Crippen MR) is 94.0 cm³/mol. The Kier molecular flexibility index (Phi) is 6.02. The number of aryl methyl sites for hydroxylation is 1. The largest absolute Gasteiger partial charge is 0.378 e. The topological polar surface area (TPSA) is 64.6 Å². The Labute approximate surface area is 149 Å². The average molecular weight is 347 g/mol. The van der Waals surface area contributed by atoms with Crippen molar-refractivity contribution in [3.8, 4) is 0 Å². The maximum Gasteiger partial charge on any atom is 0.222 e. The van der Waals surface area contributed by atoms with E-state index in [0.29, 0.717) is 19.4 Å². The molecule has 1 aromatic rings. The van der Waals surface area contributed by atoms with E-state index in [-0.39, 0.29) is 23.5 Å². The number of nitrogens with zero attached hydrogens (tertiary/aromatic N) is 3. The molecule has 2 saturated heterocycles. The van der Waals surface area contributed by atoms with Gasteiger partial charge >= 0.3 is 0 Å². The number of hydrogen-bond acceptors (Lipinski definition) is 5. The van der Waals surface area contributed by atoms with Crippen molar-refractivity contribution >= 4 is 5.91 Å². The zero-order chi connectivity index (χ0) is 17.7. The summed E-state index contributed by atoms with van der Waals surface area (Å²) in [5.74, 6) is 0.205. The summed E-state index contributed by atoms with van der Waals surface area (Å²) in [6.45, 7) is 7.14. The molecule has 1 amide bonds. The number of ether oxygens (including phenoxy) is 2. The molecule has 0 aliphatic carbocycles. The minimum absolute atomic E-state index is 0.0493. The second-order valence-corrected chi connectivity index (χ2v) is 7.54. The van der Waals surface area contributed by atoms with Crippen molar-refractivity contribution in [1.82, 2.24) is 14.9 Å². The Morgan fingerprint density at radius 1 is 1.44 bits per heavy atom. The molecule has 0 aromatic carbocycles. The molecule has 0 N–H and O–H groups in total. The summed E-state index contributed by atoms with van der Waals surface area (Å²) >= 11 is 0. The number of hydrogen-bond donors (Lipinski definition) is 0. The quantitative estimate of drug-likeness (QED) is 0.789. The summed E-state index contributed by atoms with van der Waals surface area (Å²) in [4.78, 5) is 22.8. The van der Waals surface area contributed by atoms with Gasteiger partial charge in [0.1, 0.15) is 6.33 Å². The van der Waals surface area contributed by atoms with Gasteiger partial charge in [0.25, 0.3) is 0 Å². The summed E-state index contributed by atoms with van der Waals surface area (Å²) in [6.07, 6.45) is 9.68. The molecule has 0 saturated carbocycles. The van der Waals surface area contributed by atoms with Crippen LogP contribution >= 0.6 is 0 Å². The van der Waals surface area contributed by atoms with Crippen molar-refractivity contribution in [3.05, 3.63) is 24.3 Å². The van der Waals surface area contributed by atoms with Gasteiger partial charge in [-0.3, -0.25) is 4.79 Å². The number of likely N-dealkylation sites (tertiary alicyclic amines) is 1. The van der Waals surface area contributed by atoms with Crippen LogP contribution in [0.15, 0.2) is 18.7 Å². The molecule has 6 heteroatoms. The first-order valence-electron chi connectivity index (χ1n) is 9.34. The number of rotatable bonds is 6. The minimum atomic E-state index is -0.0493. The van der Waals surface area contributed by atoms with Crippen molar-refractivity contribution < 1.29 is 14.3 Å². The van der Waals surface area contributed by atoms with E-state index in [0.717, 1.165) is 44.5 Å².